The molecule has 2 N–H and O–H groups in total. The zero-order valence-electron chi connectivity index (χ0n) is 11.4. The number of aryl methyl sites for hydroxylation is 1. The van der Waals surface area contributed by atoms with Gasteiger partial charge >= 0.3 is 0 Å². The monoisotopic (exact) mass is 326 g/mol. The first-order valence-electron chi connectivity index (χ1n) is 6.21. The molecule has 0 unspecified atom stereocenters. The second-order valence-electron chi connectivity index (χ2n) is 4.84. The van der Waals surface area contributed by atoms with Crippen molar-refractivity contribution in [1.82, 2.24) is 10.6 Å². The van der Waals surface area contributed by atoms with Crippen LogP contribution in [0.25, 0.3) is 0 Å². The van der Waals surface area contributed by atoms with Crippen LogP contribution in [0, 0.1) is 12.8 Å². The van der Waals surface area contributed by atoms with Crippen LogP contribution in [-0.4, -0.2) is 24.9 Å². The molecule has 0 atom stereocenters. The summed E-state index contributed by atoms with van der Waals surface area (Å²) in [6, 6.07) is 5.34. The van der Waals surface area contributed by atoms with Crippen molar-refractivity contribution in [3.05, 3.63) is 33.8 Å². The molecule has 1 aromatic rings. The Morgan fingerprint density at radius 3 is 2.53 bits per heavy atom. The van der Waals surface area contributed by atoms with E-state index in [1.54, 1.807) is 12.1 Å². The summed E-state index contributed by atoms with van der Waals surface area (Å²) in [7, 11) is 0. The maximum atomic E-state index is 11.8. The average molecular weight is 327 g/mol. The summed E-state index contributed by atoms with van der Waals surface area (Å²) in [4.78, 5) is 23.3. The Bertz CT molecular complexity index is 473. The van der Waals surface area contributed by atoms with Crippen molar-refractivity contribution in [3.8, 4) is 0 Å². The van der Waals surface area contributed by atoms with Crippen molar-refractivity contribution in [2.45, 2.75) is 20.8 Å². The quantitative estimate of drug-likeness (QED) is 0.872. The van der Waals surface area contributed by atoms with Gasteiger partial charge in [0.25, 0.3) is 5.91 Å². The fourth-order valence-corrected chi connectivity index (χ4v) is 1.76. The molecule has 19 heavy (non-hydrogen) atoms. The van der Waals surface area contributed by atoms with Gasteiger partial charge in [-0.25, -0.2) is 0 Å². The van der Waals surface area contributed by atoms with Crippen LogP contribution in [0.15, 0.2) is 22.7 Å². The largest absolute Gasteiger partial charge is 0.354 e. The highest BCUT2D eigenvalue weighted by Crippen LogP contribution is 2.17. The molecule has 0 aliphatic rings. The number of rotatable bonds is 5. The minimum absolute atomic E-state index is 0.00293. The summed E-state index contributed by atoms with van der Waals surface area (Å²) >= 11 is 3.38. The Balaban J connectivity index is 2.47. The molecule has 2 amide bonds. The topological polar surface area (TPSA) is 58.2 Å². The van der Waals surface area contributed by atoms with E-state index in [-0.39, 0.29) is 18.4 Å². The number of amides is 2. The van der Waals surface area contributed by atoms with Gasteiger partial charge < -0.3 is 10.6 Å². The molecule has 104 valence electrons. The highest BCUT2D eigenvalue weighted by molar-refractivity contribution is 9.10. The van der Waals surface area contributed by atoms with Crippen molar-refractivity contribution in [1.29, 1.82) is 0 Å². The maximum Gasteiger partial charge on any atom is 0.251 e. The molecule has 0 aliphatic heterocycles. The maximum absolute atomic E-state index is 11.8. The fraction of sp³-hybridized carbons (Fsp3) is 0.429. The van der Waals surface area contributed by atoms with Gasteiger partial charge in [0.1, 0.15) is 0 Å². The van der Waals surface area contributed by atoms with E-state index in [0.717, 1.165) is 10.0 Å². The van der Waals surface area contributed by atoms with E-state index in [1.165, 1.54) is 0 Å². The molecular weight excluding hydrogens is 308 g/mol. The molecule has 0 radical (unpaired) electrons. The number of halogens is 1. The third kappa shape index (κ3) is 5.42. The molecule has 0 fully saturated rings. The fourth-order valence-electron chi connectivity index (χ4n) is 1.38. The number of hydrogen-bond donors (Lipinski definition) is 2. The van der Waals surface area contributed by atoms with Crippen LogP contribution in [0.5, 0.6) is 0 Å². The Kier molecular flexibility index (Phi) is 6.02. The van der Waals surface area contributed by atoms with Gasteiger partial charge in [-0.1, -0.05) is 35.8 Å². The lowest BCUT2D eigenvalue weighted by Crippen LogP contribution is -2.38. The predicted octanol–water partition coefficient (Wildman–Crippen LogP) is 2.26. The van der Waals surface area contributed by atoms with E-state index in [2.05, 4.69) is 26.6 Å². The lowest BCUT2D eigenvalue weighted by Gasteiger charge is -2.09. The molecule has 0 bridgehead atoms. The van der Waals surface area contributed by atoms with E-state index in [0.29, 0.717) is 18.0 Å². The highest BCUT2D eigenvalue weighted by atomic mass is 79.9. The summed E-state index contributed by atoms with van der Waals surface area (Å²) in [5.74, 6) is -0.0265. The first kappa shape index (κ1) is 15.7. The molecule has 4 nitrogen and oxygen atoms in total. The molecule has 1 aromatic carbocycles. The van der Waals surface area contributed by atoms with Gasteiger partial charge in [0.2, 0.25) is 5.91 Å². The van der Waals surface area contributed by atoms with Crippen molar-refractivity contribution >= 4 is 27.7 Å². The lowest BCUT2D eigenvalue weighted by atomic mass is 10.1. The third-order valence-corrected chi connectivity index (χ3v) is 3.41. The number of benzene rings is 1. The molecule has 0 saturated carbocycles. The van der Waals surface area contributed by atoms with Crippen molar-refractivity contribution in [3.63, 3.8) is 0 Å². The Labute approximate surface area is 122 Å². The van der Waals surface area contributed by atoms with Gasteiger partial charge in [-0.15, -0.1) is 0 Å². The van der Waals surface area contributed by atoms with E-state index < -0.39 is 0 Å². The van der Waals surface area contributed by atoms with Crippen LogP contribution >= 0.6 is 15.9 Å². The number of carbonyl (C=O) groups is 2. The van der Waals surface area contributed by atoms with Gasteiger partial charge in [-0.05, 0) is 30.5 Å². The van der Waals surface area contributed by atoms with Crippen molar-refractivity contribution in [2.75, 3.05) is 13.1 Å². The van der Waals surface area contributed by atoms with Crippen LogP contribution in [0.1, 0.15) is 29.8 Å². The summed E-state index contributed by atoms with van der Waals surface area (Å²) in [6.07, 6.45) is 0. The number of carbonyl (C=O) groups excluding carboxylic acids is 2. The van der Waals surface area contributed by atoms with Gasteiger partial charge in [0.05, 0.1) is 6.54 Å². The normalized spacial score (nSPS) is 10.4. The average Bonchev–Trinajstić information content (AvgIpc) is 2.36. The molecule has 0 aliphatic carbocycles. The second kappa shape index (κ2) is 7.28. The van der Waals surface area contributed by atoms with E-state index in [1.807, 2.05) is 26.8 Å². The van der Waals surface area contributed by atoms with Gasteiger partial charge in [-0.2, -0.15) is 0 Å². The van der Waals surface area contributed by atoms with Crippen LogP contribution in [0.4, 0.5) is 0 Å². The summed E-state index contributed by atoms with van der Waals surface area (Å²) < 4.78 is 0.879. The van der Waals surface area contributed by atoms with Crippen LogP contribution in [0.2, 0.25) is 0 Å². The zero-order valence-corrected chi connectivity index (χ0v) is 13.0. The third-order valence-electron chi connectivity index (χ3n) is 2.55. The summed E-state index contributed by atoms with van der Waals surface area (Å²) in [5, 5.41) is 5.34. The SMILES string of the molecule is Cc1ccc(C(=O)NCC(=O)NCC(C)C)cc1Br. The zero-order chi connectivity index (χ0) is 14.4. The molecule has 0 heterocycles. The standard InChI is InChI=1S/C14H19BrN2O2/c1-9(2)7-16-13(18)8-17-14(19)11-5-4-10(3)12(15)6-11/h4-6,9H,7-8H2,1-3H3,(H,16,18)(H,17,19). The van der Waals surface area contributed by atoms with E-state index in [9.17, 15) is 9.59 Å². The van der Waals surface area contributed by atoms with Crippen LogP contribution < -0.4 is 10.6 Å². The molecular formula is C14H19BrN2O2. The molecule has 0 spiro atoms. The Morgan fingerprint density at radius 2 is 1.95 bits per heavy atom. The molecule has 0 aromatic heterocycles. The minimum atomic E-state index is -0.250. The Morgan fingerprint density at radius 1 is 1.26 bits per heavy atom. The summed E-state index contributed by atoms with van der Waals surface area (Å²) in [5.41, 5.74) is 1.60. The molecule has 0 saturated heterocycles. The summed E-state index contributed by atoms with van der Waals surface area (Å²) in [6.45, 7) is 6.60. The Hall–Kier alpha value is -1.36. The first-order chi connectivity index (χ1) is 8.90. The second-order valence-corrected chi connectivity index (χ2v) is 5.70. The van der Waals surface area contributed by atoms with Gasteiger partial charge in [0, 0.05) is 16.6 Å². The van der Waals surface area contributed by atoms with Gasteiger partial charge in [-0.3, -0.25) is 9.59 Å². The first-order valence-corrected chi connectivity index (χ1v) is 7.00. The van der Waals surface area contributed by atoms with Gasteiger partial charge in [0.15, 0.2) is 0 Å². The smallest absolute Gasteiger partial charge is 0.251 e. The van der Waals surface area contributed by atoms with Crippen molar-refractivity contribution < 1.29 is 9.59 Å². The van der Waals surface area contributed by atoms with E-state index in [4.69, 9.17) is 0 Å². The predicted molar refractivity (Wildman–Crippen MR) is 79.1 cm³/mol. The van der Waals surface area contributed by atoms with E-state index >= 15 is 0 Å². The van der Waals surface area contributed by atoms with Crippen LogP contribution in [0.3, 0.4) is 0 Å². The highest BCUT2D eigenvalue weighted by Gasteiger charge is 2.09. The lowest BCUT2D eigenvalue weighted by molar-refractivity contribution is -0.120. The minimum Gasteiger partial charge on any atom is -0.354 e. The molecule has 1 rings (SSSR count). The number of hydrogen-bond acceptors (Lipinski definition) is 2. The van der Waals surface area contributed by atoms with Crippen molar-refractivity contribution in [2.24, 2.45) is 5.92 Å². The number of nitrogens with one attached hydrogen (secondary N) is 2. The van der Waals surface area contributed by atoms with Crippen LogP contribution in [-0.2, 0) is 4.79 Å². The molecule has 5 heteroatoms.